The molecule has 1 aromatic carbocycles. The Morgan fingerprint density at radius 1 is 1.43 bits per heavy atom. The van der Waals surface area contributed by atoms with Gasteiger partial charge in [0.15, 0.2) is 0 Å². The fraction of sp³-hybridized carbons (Fsp3) is 0.375. The molecule has 3 rings (SSSR count). The Morgan fingerprint density at radius 2 is 2.13 bits per heavy atom. The van der Waals surface area contributed by atoms with Crippen LogP contribution in [0.4, 0.5) is 0 Å². The molecule has 3 N–H and O–H groups in total. The molecular formula is C16H16O7. The van der Waals surface area contributed by atoms with Crippen molar-refractivity contribution in [1.82, 2.24) is 0 Å². The van der Waals surface area contributed by atoms with Crippen LogP contribution in [0.2, 0.25) is 0 Å². The second-order valence-corrected chi connectivity index (χ2v) is 5.70. The molecular weight excluding hydrogens is 304 g/mol. The molecule has 0 unspecified atom stereocenters. The minimum absolute atomic E-state index is 0.0326. The largest absolute Gasteiger partial charge is 0.507 e. The summed E-state index contributed by atoms with van der Waals surface area (Å²) in [5.74, 6) is -1.36. The van der Waals surface area contributed by atoms with Crippen molar-refractivity contribution in [2.45, 2.75) is 31.5 Å². The number of phenols is 1. The third-order valence-electron chi connectivity index (χ3n) is 4.20. The van der Waals surface area contributed by atoms with Crippen molar-refractivity contribution < 1.29 is 29.3 Å². The van der Waals surface area contributed by atoms with Gasteiger partial charge in [-0.25, -0.2) is 4.79 Å². The topological polar surface area (TPSA) is 117 Å². The first-order valence-corrected chi connectivity index (χ1v) is 7.09. The van der Waals surface area contributed by atoms with E-state index in [1.807, 2.05) is 0 Å². The van der Waals surface area contributed by atoms with E-state index in [0.717, 1.165) is 7.11 Å². The number of esters is 1. The number of aliphatic hydroxyl groups is 2. The molecule has 1 heterocycles. The maximum Gasteiger partial charge on any atom is 0.345 e. The van der Waals surface area contributed by atoms with E-state index in [0.29, 0.717) is 5.56 Å². The van der Waals surface area contributed by atoms with Crippen molar-refractivity contribution in [2.75, 3.05) is 7.11 Å². The second-order valence-electron chi connectivity index (χ2n) is 5.70. The number of aryl methyl sites for hydroxylation is 2. The van der Waals surface area contributed by atoms with Crippen LogP contribution < -0.4 is 5.43 Å². The number of carbonyl (C=O) groups is 1. The maximum absolute atomic E-state index is 12.8. The molecule has 0 radical (unpaired) electrons. The first-order valence-electron chi connectivity index (χ1n) is 7.09. The quantitative estimate of drug-likeness (QED) is 0.654. The molecule has 0 saturated heterocycles. The van der Waals surface area contributed by atoms with E-state index < -0.39 is 23.1 Å². The lowest BCUT2D eigenvalue weighted by molar-refractivity contribution is -0.180. The van der Waals surface area contributed by atoms with Gasteiger partial charge in [0, 0.05) is 6.42 Å². The number of phenolic OH excluding ortho intramolecular Hbond substituents is 1. The van der Waals surface area contributed by atoms with E-state index in [1.165, 1.54) is 6.07 Å². The van der Waals surface area contributed by atoms with E-state index in [1.54, 1.807) is 13.0 Å². The number of benzene rings is 1. The summed E-state index contributed by atoms with van der Waals surface area (Å²) in [6, 6.07) is 2.96. The normalized spacial score (nSPS) is 23.6. The zero-order valence-electron chi connectivity index (χ0n) is 12.6. The van der Waals surface area contributed by atoms with Crippen molar-refractivity contribution in [3.8, 4) is 5.75 Å². The number of aliphatic hydroxyl groups excluding tert-OH is 1. The standard InChI is InChI=1S/C16H16O7/c1-7-5-8(17)12-10(6-7)23-9-3-4-11(18)16(21,15(20)22-2)13(9)14(12)19/h5-6,11,17-18,21H,3-4H2,1-2H3/t11-,16-/m1/s1. The molecule has 23 heavy (non-hydrogen) atoms. The summed E-state index contributed by atoms with van der Waals surface area (Å²) in [7, 11) is 1.05. The lowest BCUT2D eigenvalue weighted by Crippen LogP contribution is -2.53. The maximum atomic E-state index is 12.8. The zero-order valence-corrected chi connectivity index (χ0v) is 12.6. The molecule has 0 bridgehead atoms. The Hall–Kier alpha value is -2.38. The molecule has 2 atom stereocenters. The molecule has 1 aliphatic carbocycles. The molecule has 7 nitrogen and oxygen atoms in total. The Bertz CT molecular complexity index is 867. The monoisotopic (exact) mass is 320 g/mol. The number of carbonyl (C=O) groups excluding carboxylic acids is 1. The lowest BCUT2D eigenvalue weighted by atomic mass is 9.79. The number of rotatable bonds is 1. The van der Waals surface area contributed by atoms with Crippen LogP contribution >= 0.6 is 0 Å². The number of ether oxygens (including phenoxy) is 1. The molecule has 1 aromatic heterocycles. The van der Waals surface area contributed by atoms with Crippen molar-refractivity contribution in [3.63, 3.8) is 0 Å². The average Bonchev–Trinajstić information content (AvgIpc) is 2.49. The third-order valence-corrected chi connectivity index (χ3v) is 4.20. The van der Waals surface area contributed by atoms with Gasteiger partial charge in [0.25, 0.3) is 0 Å². The Balaban J connectivity index is 2.43. The molecule has 0 fully saturated rings. The van der Waals surface area contributed by atoms with E-state index >= 15 is 0 Å². The van der Waals surface area contributed by atoms with Crippen molar-refractivity contribution in [1.29, 1.82) is 0 Å². The highest BCUT2D eigenvalue weighted by Crippen LogP contribution is 2.37. The second kappa shape index (κ2) is 5.07. The molecule has 2 aromatic rings. The average molecular weight is 320 g/mol. The van der Waals surface area contributed by atoms with Crippen molar-refractivity contribution in [2.24, 2.45) is 0 Å². The van der Waals surface area contributed by atoms with Gasteiger partial charge in [0.1, 0.15) is 22.5 Å². The lowest BCUT2D eigenvalue weighted by Gasteiger charge is -2.34. The summed E-state index contributed by atoms with van der Waals surface area (Å²) in [5, 5.41) is 30.7. The Kier molecular flexibility index (Phi) is 3.42. The van der Waals surface area contributed by atoms with Crippen LogP contribution in [-0.4, -0.2) is 34.5 Å². The van der Waals surface area contributed by atoms with Crippen LogP contribution in [0.5, 0.6) is 5.75 Å². The van der Waals surface area contributed by atoms with E-state index in [4.69, 9.17) is 4.42 Å². The number of hydrogen-bond donors (Lipinski definition) is 3. The number of fused-ring (bicyclic) bond motifs is 2. The predicted molar refractivity (Wildman–Crippen MR) is 79.1 cm³/mol. The summed E-state index contributed by atoms with van der Waals surface area (Å²) < 4.78 is 10.2. The van der Waals surface area contributed by atoms with Crippen LogP contribution in [0.25, 0.3) is 11.0 Å². The van der Waals surface area contributed by atoms with Gasteiger partial charge in [-0.2, -0.15) is 0 Å². The van der Waals surface area contributed by atoms with Gasteiger partial charge in [-0.15, -0.1) is 0 Å². The van der Waals surface area contributed by atoms with E-state index in [2.05, 4.69) is 4.74 Å². The molecule has 0 saturated carbocycles. The van der Waals surface area contributed by atoms with Gasteiger partial charge in [-0.05, 0) is 31.0 Å². The highest BCUT2D eigenvalue weighted by molar-refractivity contribution is 5.88. The number of hydrogen-bond acceptors (Lipinski definition) is 7. The molecule has 0 spiro atoms. The molecule has 1 aliphatic rings. The van der Waals surface area contributed by atoms with Crippen LogP contribution in [-0.2, 0) is 21.6 Å². The molecule has 7 heteroatoms. The fourth-order valence-electron chi connectivity index (χ4n) is 3.08. The predicted octanol–water partition coefficient (Wildman–Crippen LogP) is 0.475. The minimum Gasteiger partial charge on any atom is -0.507 e. The minimum atomic E-state index is -2.52. The van der Waals surface area contributed by atoms with Crippen LogP contribution in [0, 0.1) is 6.92 Å². The Labute approximate surface area is 130 Å². The van der Waals surface area contributed by atoms with Crippen LogP contribution in [0.3, 0.4) is 0 Å². The van der Waals surface area contributed by atoms with Crippen LogP contribution in [0.1, 0.15) is 23.3 Å². The SMILES string of the molecule is COC(=O)[C@]1(O)c2c(oc3cc(C)cc(O)c3c2=O)CC[C@H]1O. The van der Waals surface area contributed by atoms with Gasteiger partial charge in [0.05, 0.1) is 18.8 Å². The highest BCUT2D eigenvalue weighted by atomic mass is 16.5. The summed E-state index contributed by atoms with van der Waals surface area (Å²) >= 11 is 0. The van der Waals surface area contributed by atoms with Gasteiger partial charge >= 0.3 is 5.97 Å². The number of aromatic hydroxyl groups is 1. The van der Waals surface area contributed by atoms with Crippen molar-refractivity contribution in [3.05, 3.63) is 39.2 Å². The van der Waals surface area contributed by atoms with E-state index in [-0.39, 0.29) is 40.9 Å². The first-order chi connectivity index (χ1) is 10.8. The number of methoxy groups -OCH3 is 1. The summed E-state index contributed by atoms with van der Waals surface area (Å²) in [5.41, 5.74) is -2.80. The van der Waals surface area contributed by atoms with Crippen molar-refractivity contribution >= 4 is 16.9 Å². The van der Waals surface area contributed by atoms with Gasteiger partial charge in [-0.3, -0.25) is 4.79 Å². The molecule has 0 amide bonds. The van der Waals surface area contributed by atoms with E-state index in [9.17, 15) is 24.9 Å². The summed E-state index contributed by atoms with van der Waals surface area (Å²) in [6.07, 6.45) is -1.30. The van der Waals surface area contributed by atoms with Gasteiger partial charge in [-0.1, -0.05) is 0 Å². The molecule has 0 aliphatic heterocycles. The fourth-order valence-corrected chi connectivity index (χ4v) is 3.08. The Morgan fingerprint density at radius 3 is 2.78 bits per heavy atom. The van der Waals surface area contributed by atoms with Gasteiger partial charge < -0.3 is 24.5 Å². The summed E-state index contributed by atoms with van der Waals surface area (Å²) in [6.45, 7) is 1.73. The first kappa shape index (κ1) is 15.5. The molecule has 122 valence electrons. The zero-order chi connectivity index (χ0) is 16.9. The highest BCUT2D eigenvalue weighted by Gasteiger charge is 2.53. The van der Waals surface area contributed by atoms with Gasteiger partial charge in [0.2, 0.25) is 11.0 Å². The van der Waals surface area contributed by atoms with Crippen LogP contribution in [0.15, 0.2) is 21.3 Å². The smallest absolute Gasteiger partial charge is 0.345 e. The third kappa shape index (κ3) is 2.04. The summed E-state index contributed by atoms with van der Waals surface area (Å²) in [4.78, 5) is 24.8.